The molecule has 2 amide bonds. The zero-order chi connectivity index (χ0) is 25.1. The summed E-state index contributed by atoms with van der Waals surface area (Å²) in [5.74, 6) is -0.536. The van der Waals surface area contributed by atoms with Gasteiger partial charge in [0.05, 0.1) is 10.6 Å². The van der Waals surface area contributed by atoms with Crippen molar-refractivity contribution in [1.29, 1.82) is 0 Å². The Kier molecular flexibility index (Phi) is 7.87. The number of nitrogens with zero attached hydrogens (tertiary/aromatic N) is 2. The minimum atomic E-state index is -4.54. The average Bonchev–Trinajstić information content (AvgIpc) is 3.14. The van der Waals surface area contributed by atoms with Crippen LogP contribution in [0.4, 0.5) is 23.0 Å². The molecular formula is C23H29F3N4O3S. The predicted octanol–water partition coefficient (Wildman–Crippen LogP) is 5.25. The maximum Gasteiger partial charge on any atom is 0.416 e. The molecule has 2 aromatic rings. The Morgan fingerprint density at radius 3 is 2.44 bits per heavy atom. The Hall–Kier alpha value is -2.66. The standard InChI is InChI=1S/C23H29F3N4O3S/c1-22(2,3)33-21(32)29-20-17(28-19(34-20)14-9-11-30(4)12-10-14)18(31)27-13-15-7-5-6-8-16(15)23(24,25)26/h5-8,14H,9-13H2,1-4H3,(H,27,31)(H,29,32). The quantitative estimate of drug-likeness (QED) is 0.589. The average molecular weight is 499 g/mol. The number of ether oxygens (including phenoxy) is 1. The number of nitrogens with one attached hydrogen (secondary N) is 2. The molecule has 0 radical (unpaired) electrons. The third-order valence-electron chi connectivity index (χ3n) is 5.30. The summed E-state index contributed by atoms with van der Waals surface area (Å²) in [6, 6.07) is 5.06. The van der Waals surface area contributed by atoms with Crippen LogP contribution in [-0.4, -0.2) is 47.6 Å². The molecular weight excluding hydrogens is 469 g/mol. The number of carbonyl (C=O) groups excluding carboxylic acids is 2. The van der Waals surface area contributed by atoms with Crippen LogP contribution in [0.5, 0.6) is 0 Å². The smallest absolute Gasteiger partial charge is 0.416 e. The highest BCUT2D eigenvalue weighted by molar-refractivity contribution is 7.16. The lowest BCUT2D eigenvalue weighted by molar-refractivity contribution is -0.138. The van der Waals surface area contributed by atoms with Crippen LogP contribution in [-0.2, 0) is 17.5 Å². The van der Waals surface area contributed by atoms with Crippen LogP contribution in [0.3, 0.4) is 0 Å². The molecule has 0 saturated carbocycles. The third-order valence-corrected chi connectivity index (χ3v) is 6.44. The topological polar surface area (TPSA) is 83.6 Å². The van der Waals surface area contributed by atoms with Gasteiger partial charge in [-0.1, -0.05) is 18.2 Å². The summed E-state index contributed by atoms with van der Waals surface area (Å²) in [5, 5.41) is 6.03. The van der Waals surface area contributed by atoms with Crippen molar-refractivity contribution in [3.05, 3.63) is 46.1 Å². The van der Waals surface area contributed by atoms with Crippen molar-refractivity contribution in [3.63, 3.8) is 0 Å². The summed E-state index contributed by atoms with van der Waals surface area (Å²) in [6.07, 6.45) is -3.55. The van der Waals surface area contributed by atoms with Crippen LogP contribution in [0.15, 0.2) is 24.3 Å². The molecule has 0 spiro atoms. The molecule has 2 heterocycles. The second kappa shape index (κ2) is 10.3. The maximum absolute atomic E-state index is 13.3. The van der Waals surface area contributed by atoms with E-state index in [4.69, 9.17) is 4.74 Å². The van der Waals surface area contributed by atoms with Gasteiger partial charge in [0.1, 0.15) is 10.6 Å². The summed E-state index contributed by atoms with van der Waals surface area (Å²) >= 11 is 1.20. The Bertz CT molecular complexity index is 1030. The zero-order valence-corrected chi connectivity index (χ0v) is 20.4. The fourth-order valence-electron chi connectivity index (χ4n) is 3.61. The minimum Gasteiger partial charge on any atom is -0.444 e. The molecule has 1 fully saturated rings. The van der Waals surface area contributed by atoms with Crippen LogP contribution >= 0.6 is 11.3 Å². The molecule has 0 unspecified atom stereocenters. The molecule has 34 heavy (non-hydrogen) atoms. The number of benzene rings is 1. The van der Waals surface area contributed by atoms with Crippen molar-refractivity contribution in [2.75, 3.05) is 25.5 Å². The molecule has 0 aliphatic carbocycles. The molecule has 2 N–H and O–H groups in total. The fourth-order valence-corrected chi connectivity index (χ4v) is 4.73. The monoisotopic (exact) mass is 498 g/mol. The number of alkyl halides is 3. The van der Waals surface area contributed by atoms with Crippen LogP contribution in [0, 0.1) is 0 Å². The van der Waals surface area contributed by atoms with Gasteiger partial charge in [-0.3, -0.25) is 10.1 Å². The van der Waals surface area contributed by atoms with Gasteiger partial charge in [0.15, 0.2) is 5.69 Å². The lowest BCUT2D eigenvalue weighted by Crippen LogP contribution is -2.29. The molecule has 0 bridgehead atoms. The van der Waals surface area contributed by atoms with Gasteiger partial charge in [-0.2, -0.15) is 13.2 Å². The third kappa shape index (κ3) is 6.92. The van der Waals surface area contributed by atoms with Crippen LogP contribution in [0.2, 0.25) is 0 Å². The molecule has 1 aliphatic rings. The normalized spacial score (nSPS) is 15.7. The molecule has 0 atom stereocenters. The Labute approximate surface area is 200 Å². The number of hydrogen-bond acceptors (Lipinski definition) is 6. The first kappa shape index (κ1) is 26.0. The van der Waals surface area contributed by atoms with E-state index in [-0.39, 0.29) is 28.7 Å². The van der Waals surface area contributed by atoms with Gasteiger partial charge in [-0.25, -0.2) is 9.78 Å². The van der Waals surface area contributed by atoms with Crippen molar-refractivity contribution in [1.82, 2.24) is 15.2 Å². The second-order valence-corrected chi connectivity index (χ2v) is 10.3. The van der Waals surface area contributed by atoms with Crippen molar-refractivity contribution >= 4 is 28.3 Å². The SMILES string of the molecule is CN1CCC(c2nc(C(=O)NCc3ccccc3C(F)(F)F)c(NC(=O)OC(C)(C)C)s2)CC1. The molecule has 186 valence electrons. The number of hydrogen-bond donors (Lipinski definition) is 2. The van der Waals surface area contributed by atoms with Crippen LogP contribution < -0.4 is 10.6 Å². The number of piperidine rings is 1. The first-order valence-corrected chi connectivity index (χ1v) is 11.8. The number of aromatic nitrogens is 1. The summed E-state index contributed by atoms with van der Waals surface area (Å²) in [6.45, 7) is 6.59. The molecule has 1 aliphatic heterocycles. The van der Waals surface area contributed by atoms with Gasteiger partial charge in [0, 0.05) is 12.5 Å². The van der Waals surface area contributed by atoms with Gasteiger partial charge in [0.2, 0.25) is 0 Å². The number of likely N-dealkylation sites (tertiary alicyclic amines) is 1. The summed E-state index contributed by atoms with van der Waals surface area (Å²) in [5.41, 5.74) is -1.65. The van der Waals surface area contributed by atoms with E-state index in [1.165, 1.54) is 29.5 Å². The highest BCUT2D eigenvalue weighted by Gasteiger charge is 2.33. The molecule has 11 heteroatoms. The van der Waals surface area contributed by atoms with Gasteiger partial charge in [-0.15, -0.1) is 11.3 Å². The maximum atomic E-state index is 13.3. The van der Waals surface area contributed by atoms with E-state index in [2.05, 4.69) is 20.5 Å². The molecule has 1 aromatic carbocycles. The van der Waals surface area contributed by atoms with E-state index < -0.39 is 29.3 Å². The summed E-state index contributed by atoms with van der Waals surface area (Å²) in [7, 11) is 2.03. The van der Waals surface area contributed by atoms with Gasteiger partial charge < -0.3 is 15.0 Å². The number of thiazole rings is 1. The molecule has 1 saturated heterocycles. The van der Waals surface area contributed by atoms with E-state index in [9.17, 15) is 22.8 Å². The molecule has 7 nitrogen and oxygen atoms in total. The number of amides is 2. The summed E-state index contributed by atoms with van der Waals surface area (Å²) in [4.78, 5) is 32.0. The highest BCUT2D eigenvalue weighted by Crippen LogP contribution is 2.36. The van der Waals surface area contributed by atoms with E-state index in [0.29, 0.717) is 5.01 Å². The van der Waals surface area contributed by atoms with Crippen molar-refractivity contribution in [3.8, 4) is 0 Å². The largest absolute Gasteiger partial charge is 0.444 e. The van der Waals surface area contributed by atoms with E-state index in [0.717, 1.165) is 32.0 Å². The van der Waals surface area contributed by atoms with Crippen molar-refractivity contribution in [2.24, 2.45) is 0 Å². The number of halogens is 3. The van der Waals surface area contributed by atoms with Crippen molar-refractivity contribution < 1.29 is 27.5 Å². The minimum absolute atomic E-state index is 0.0331. The van der Waals surface area contributed by atoms with Gasteiger partial charge in [0.25, 0.3) is 5.91 Å². The zero-order valence-electron chi connectivity index (χ0n) is 19.6. The highest BCUT2D eigenvalue weighted by atomic mass is 32.1. The predicted molar refractivity (Wildman–Crippen MR) is 124 cm³/mol. The fraction of sp³-hybridized carbons (Fsp3) is 0.522. The Balaban J connectivity index is 1.82. The van der Waals surface area contributed by atoms with E-state index in [1.807, 2.05) is 7.05 Å². The van der Waals surface area contributed by atoms with Crippen LogP contribution in [0.25, 0.3) is 0 Å². The lowest BCUT2D eigenvalue weighted by atomic mass is 9.98. The molecule has 1 aromatic heterocycles. The van der Waals surface area contributed by atoms with E-state index in [1.54, 1.807) is 20.8 Å². The first-order valence-electron chi connectivity index (χ1n) is 11.0. The van der Waals surface area contributed by atoms with Crippen LogP contribution in [0.1, 0.15) is 66.2 Å². The number of anilines is 1. The lowest BCUT2D eigenvalue weighted by Gasteiger charge is -2.27. The van der Waals surface area contributed by atoms with Gasteiger partial charge >= 0.3 is 12.3 Å². The first-order chi connectivity index (χ1) is 15.8. The van der Waals surface area contributed by atoms with Gasteiger partial charge in [-0.05, 0) is 65.4 Å². The Morgan fingerprint density at radius 1 is 1.18 bits per heavy atom. The van der Waals surface area contributed by atoms with Crippen molar-refractivity contribution in [2.45, 2.75) is 57.9 Å². The Morgan fingerprint density at radius 2 is 1.82 bits per heavy atom. The molecule has 3 rings (SSSR count). The number of rotatable bonds is 5. The van der Waals surface area contributed by atoms with E-state index >= 15 is 0 Å². The number of carbonyl (C=O) groups is 2. The second-order valence-electron chi connectivity index (χ2n) is 9.27. The summed E-state index contributed by atoms with van der Waals surface area (Å²) < 4.78 is 45.2.